The van der Waals surface area contributed by atoms with E-state index in [9.17, 15) is 18.0 Å². The molecular weight excluding hydrogens is 550 g/mol. The Morgan fingerprint density at radius 2 is 1.48 bits per heavy atom. The van der Waals surface area contributed by atoms with Crippen LogP contribution in [0.3, 0.4) is 0 Å². The SMILES string of the molecule is CCOc1ccccc1N(CCCC(=O)N(Cc1ccccc1)C(Cc1ccccc1)C(=O)NC(C)CC)S(C)(=O)=O. The molecule has 0 radical (unpaired) electrons. The lowest BCUT2D eigenvalue weighted by Crippen LogP contribution is -2.52. The summed E-state index contributed by atoms with van der Waals surface area (Å²) in [5.74, 6) is 0.0404. The first-order valence-electron chi connectivity index (χ1n) is 14.5. The number of para-hydroxylation sites is 2. The number of sulfonamides is 1. The zero-order chi connectivity index (χ0) is 30.5. The van der Waals surface area contributed by atoms with Crippen LogP contribution in [0.4, 0.5) is 5.69 Å². The number of carbonyl (C=O) groups is 2. The smallest absolute Gasteiger partial charge is 0.243 e. The number of amides is 2. The molecule has 2 unspecified atom stereocenters. The summed E-state index contributed by atoms with van der Waals surface area (Å²) in [6.45, 7) is 6.53. The Labute approximate surface area is 250 Å². The molecule has 2 amide bonds. The van der Waals surface area contributed by atoms with Gasteiger partial charge in [0.05, 0.1) is 18.6 Å². The zero-order valence-electron chi connectivity index (χ0n) is 25.0. The minimum atomic E-state index is -3.65. The molecule has 3 aromatic rings. The first kappa shape index (κ1) is 32.7. The molecule has 3 rings (SSSR count). The lowest BCUT2D eigenvalue weighted by Gasteiger charge is -2.32. The number of rotatable bonds is 16. The maximum atomic E-state index is 13.9. The molecule has 3 aromatic carbocycles. The van der Waals surface area contributed by atoms with Crippen molar-refractivity contribution in [1.29, 1.82) is 0 Å². The minimum Gasteiger partial charge on any atom is -0.492 e. The van der Waals surface area contributed by atoms with Crippen LogP contribution in [0.2, 0.25) is 0 Å². The molecule has 1 N–H and O–H groups in total. The van der Waals surface area contributed by atoms with Gasteiger partial charge in [-0.05, 0) is 49.9 Å². The van der Waals surface area contributed by atoms with Gasteiger partial charge in [0.15, 0.2) is 0 Å². The molecule has 0 aliphatic heterocycles. The third kappa shape index (κ3) is 9.62. The highest BCUT2D eigenvalue weighted by Crippen LogP contribution is 2.30. The van der Waals surface area contributed by atoms with Gasteiger partial charge in [-0.2, -0.15) is 0 Å². The average Bonchev–Trinajstić information content (AvgIpc) is 2.98. The Kier molecular flexibility index (Phi) is 12.4. The number of ether oxygens (including phenoxy) is 1. The van der Waals surface area contributed by atoms with E-state index in [-0.39, 0.29) is 43.8 Å². The monoisotopic (exact) mass is 593 g/mol. The fourth-order valence-electron chi connectivity index (χ4n) is 4.70. The molecule has 8 nitrogen and oxygen atoms in total. The number of anilines is 1. The van der Waals surface area contributed by atoms with Gasteiger partial charge in [0.2, 0.25) is 21.8 Å². The van der Waals surface area contributed by atoms with Gasteiger partial charge in [0, 0.05) is 32.0 Å². The third-order valence-electron chi connectivity index (χ3n) is 7.05. The van der Waals surface area contributed by atoms with Crippen LogP contribution in [0.5, 0.6) is 5.75 Å². The molecule has 0 saturated carbocycles. The largest absolute Gasteiger partial charge is 0.492 e. The second-order valence-corrected chi connectivity index (χ2v) is 12.3. The summed E-state index contributed by atoms with van der Waals surface area (Å²) in [5, 5.41) is 3.07. The van der Waals surface area contributed by atoms with Crippen LogP contribution >= 0.6 is 0 Å². The number of benzene rings is 3. The number of nitrogens with zero attached hydrogens (tertiary/aromatic N) is 2. The van der Waals surface area contributed by atoms with E-state index in [0.29, 0.717) is 24.5 Å². The Bertz CT molecular complexity index is 1380. The van der Waals surface area contributed by atoms with Gasteiger partial charge in [0.1, 0.15) is 11.8 Å². The maximum Gasteiger partial charge on any atom is 0.243 e. The van der Waals surface area contributed by atoms with E-state index in [1.54, 1.807) is 29.2 Å². The maximum absolute atomic E-state index is 13.9. The van der Waals surface area contributed by atoms with E-state index in [2.05, 4.69) is 5.32 Å². The molecule has 0 aromatic heterocycles. The van der Waals surface area contributed by atoms with Crippen molar-refractivity contribution in [3.05, 3.63) is 96.1 Å². The normalized spacial score (nSPS) is 12.7. The highest BCUT2D eigenvalue weighted by Gasteiger charge is 2.31. The second-order valence-electron chi connectivity index (χ2n) is 10.4. The quantitative estimate of drug-likeness (QED) is 0.247. The molecule has 2 atom stereocenters. The molecule has 0 aliphatic carbocycles. The van der Waals surface area contributed by atoms with Crippen LogP contribution in [-0.2, 0) is 32.6 Å². The predicted molar refractivity (Wildman–Crippen MR) is 168 cm³/mol. The molecule has 0 saturated heterocycles. The molecule has 0 spiro atoms. The third-order valence-corrected chi connectivity index (χ3v) is 8.23. The van der Waals surface area contributed by atoms with Crippen molar-refractivity contribution >= 4 is 27.5 Å². The van der Waals surface area contributed by atoms with Crippen molar-refractivity contribution in [2.75, 3.05) is 23.7 Å². The number of nitrogens with one attached hydrogen (secondary N) is 1. The minimum absolute atomic E-state index is 0.0434. The standard InChI is InChI=1S/C33H43N3O5S/c1-5-26(3)34-33(38)30(24-27-16-9-7-10-17-27)35(25-28-18-11-8-12-19-28)32(37)22-15-23-36(42(4,39)40)29-20-13-14-21-31(29)41-6-2/h7-14,16-21,26,30H,5-6,15,22-25H2,1-4H3,(H,34,38). The van der Waals surface area contributed by atoms with Crippen molar-refractivity contribution in [3.63, 3.8) is 0 Å². The van der Waals surface area contributed by atoms with E-state index < -0.39 is 16.1 Å². The summed E-state index contributed by atoms with van der Waals surface area (Å²) in [6, 6.07) is 25.4. The van der Waals surface area contributed by atoms with Crippen LogP contribution in [-0.4, -0.2) is 56.6 Å². The lowest BCUT2D eigenvalue weighted by molar-refractivity contribution is -0.141. The zero-order valence-corrected chi connectivity index (χ0v) is 25.8. The van der Waals surface area contributed by atoms with E-state index in [0.717, 1.165) is 23.8 Å². The number of carbonyl (C=O) groups excluding carboxylic acids is 2. The predicted octanol–water partition coefficient (Wildman–Crippen LogP) is 5.19. The lowest BCUT2D eigenvalue weighted by atomic mass is 10.0. The molecule has 0 aliphatic rings. The van der Waals surface area contributed by atoms with Crippen molar-refractivity contribution < 1.29 is 22.7 Å². The molecule has 226 valence electrons. The van der Waals surface area contributed by atoms with Crippen molar-refractivity contribution in [3.8, 4) is 5.75 Å². The fraction of sp³-hybridized carbons (Fsp3) is 0.394. The second kappa shape index (κ2) is 16.0. The molecule has 0 bridgehead atoms. The number of hydrogen-bond donors (Lipinski definition) is 1. The summed E-state index contributed by atoms with van der Waals surface area (Å²) in [7, 11) is -3.65. The topological polar surface area (TPSA) is 96.0 Å². The van der Waals surface area contributed by atoms with E-state index >= 15 is 0 Å². The first-order chi connectivity index (χ1) is 20.1. The van der Waals surface area contributed by atoms with Crippen molar-refractivity contribution in [1.82, 2.24) is 10.2 Å². The Balaban J connectivity index is 1.88. The Morgan fingerprint density at radius 1 is 0.881 bits per heavy atom. The van der Waals surface area contributed by atoms with Gasteiger partial charge >= 0.3 is 0 Å². The summed E-state index contributed by atoms with van der Waals surface area (Å²) in [6.07, 6.45) is 2.61. The van der Waals surface area contributed by atoms with Crippen LogP contribution in [0.1, 0.15) is 51.2 Å². The molecular formula is C33H43N3O5S. The summed E-state index contributed by atoms with van der Waals surface area (Å²) >= 11 is 0. The van der Waals surface area contributed by atoms with Crippen LogP contribution < -0.4 is 14.4 Å². The molecule has 9 heteroatoms. The van der Waals surface area contributed by atoms with Crippen LogP contribution in [0, 0.1) is 0 Å². The summed E-state index contributed by atoms with van der Waals surface area (Å²) in [5.41, 5.74) is 2.29. The van der Waals surface area contributed by atoms with E-state index in [1.165, 1.54) is 4.31 Å². The van der Waals surface area contributed by atoms with Gasteiger partial charge in [0.25, 0.3) is 0 Å². The average molecular weight is 594 g/mol. The van der Waals surface area contributed by atoms with Gasteiger partial charge in [-0.1, -0.05) is 79.7 Å². The van der Waals surface area contributed by atoms with E-state index in [1.807, 2.05) is 81.4 Å². The highest BCUT2D eigenvalue weighted by molar-refractivity contribution is 7.92. The summed E-state index contributed by atoms with van der Waals surface area (Å²) < 4.78 is 32.5. The van der Waals surface area contributed by atoms with Crippen molar-refractivity contribution in [2.24, 2.45) is 0 Å². The molecule has 0 fully saturated rings. The fourth-order valence-corrected chi connectivity index (χ4v) is 5.67. The van der Waals surface area contributed by atoms with E-state index in [4.69, 9.17) is 4.74 Å². The van der Waals surface area contributed by atoms with Gasteiger partial charge in [-0.3, -0.25) is 13.9 Å². The van der Waals surface area contributed by atoms with Crippen LogP contribution in [0.25, 0.3) is 0 Å². The summed E-state index contributed by atoms with van der Waals surface area (Å²) in [4.78, 5) is 29.2. The van der Waals surface area contributed by atoms with Gasteiger partial charge in [-0.25, -0.2) is 8.42 Å². The molecule has 0 heterocycles. The first-order valence-corrected chi connectivity index (χ1v) is 16.4. The van der Waals surface area contributed by atoms with Gasteiger partial charge < -0.3 is 15.0 Å². The highest BCUT2D eigenvalue weighted by atomic mass is 32.2. The Hall–Kier alpha value is -3.85. The molecule has 42 heavy (non-hydrogen) atoms. The Morgan fingerprint density at radius 3 is 2.07 bits per heavy atom. The van der Waals surface area contributed by atoms with Gasteiger partial charge in [-0.15, -0.1) is 0 Å². The van der Waals surface area contributed by atoms with Crippen LogP contribution in [0.15, 0.2) is 84.9 Å². The number of hydrogen-bond acceptors (Lipinski definition) is 5. The van der Waals surface area contributed by atoms with Crippen molar-refractivity contribution in [2.45, 2.75) is 65.1 Å².